The Labute approximate surface area is 210 Å². The lowest BCUT2D eigenvalue weighted by atomic mass is 9.96. The average Bonchev–Trinajstić information content (AvgIpc) is 3.37. The minimum absolute atomic E-state index is 0.0829. The van der Waals surface area contributed by atoms with Gasteiger partial charge in [0.15, 0.2) is 17.2 Å². The molecule has 0 spiro atoms. The molecule has 3 rings (SSSR count). The lowest BCUT2D eigenvalue weighted by Crippen LogP contribution is -2.40. The number of hydrogen-bond acceptors (Lipinski definition) is 8. The maximum absolute atomic E-state index is 13.3. The van der Waals surface area contributed by atoms with Crippen LogP contribution in [0.3, 0.4) is 0 Å². The van der Waals surface area contributed by atoms with Gasteiger partial charge in [-0.1, -0.05) is 19.8 Å². The first-order chi connectivity index (χ1) is 17.2. The fourth-order valence-electron chi connectivity index (χ4n) is 4.39. The number of rotatable bonds is 11. The molecule has 194 valence electrons. The van der Waals surface area contributed by atoms with Gasteiger partial charge < -0.3 is 18.9 Å². The number of nitrogens with zero attached hydrogens (tertiary/aromatic N) is 1. The van der Waals surface area contributed by atoms with E-state index in [2.05, 4.69) is 4.98 Å². The van der Waals surface area contributed by atoms with E-state index in [0.29, 0.717) is 5.75 Å². The van der Waals surface area contributed by atoms with Crippen LogP contribution in [0.2, 0.25) is 0 Å². The van der Waals surface area contributed by atoms with Gasteiger partial charge in [0.2, 0.25) is 5.75 Å². The number of benzene rings is 1. The highest BCUT2D eigenvalue weighted by Gasteiger charge is 2.35. The molecule has 0 bridgehead atoms. The van der Waals surface area contributed by atoms with Crippen molar-refractivity contribution in [3.05, 3.63) is 48.0 Å². The Bertz CT molecular complexity index is 1070. The quantitative estimate of drug-likeness (QED) is 0.315. The molecular weight excluding hydrogens is 469 g/mol. The second-order valence-electron chi connectivity index (χ2n) is 9.04. The summed E-state index contributed by atoms with van der Waals surface area (Å²) in [6.45, 7) is 4.56. The molecule has 1 fully saturated rings. The molecule has 1 saturated carbocycles. The Morgan fingerprint density at radius 1 is 1.08 bits per heavy atom. The highest BCUT2D eigenvalue weighted by Crippen LogP contribution is 2.34. The van der Waals surface area contributed by atoms with E-state index in [1.165, 1.54) is 38.4 Å². The van der Waals surface area contributed by atoms with Gasteiger partial charge in [-0.2, -0.15) is 0 Å². The largest absolute Gasteiger partial charge is 0.493 e. The summed E-state index contributed by atoms with van der Waals surface area (Å²) in [6, 6.07) is 7.22. The molecule has 1 aromatic heterocycles. The summed E-state index contributed by atoms with van der Waals surface area (Å²) in [5.74, 6) is -2.02. The maximum Gasteiger partial charge on any atom is 0.309 e. The molecule has 8 nitrogen and oxygen atoms in total. The topological polar surface area (TPSA) is 101 Å². The van der Waals surface area contributed by atoms with Crippen LogP contribution in [0, 0.1) is 17.7 Å². The van der Waals surface area contributed by atoms with Crippen LogP contribution < -0.4 is 14.2 Å². The number of pyridine rings is 1. The van der Waals surface area contributed by atoms with Gasteiger partial charge in [0.1, 0.15) is 23.8 Å². The third kappa shape index (κ3) is 7.02. The first-order valence-electron chi connectivity index (χ1n) is 12.1. The molecule has 0 unspecified atom stereocenters. The zero-order chi connectivity index (χ0) is 26.2. The molecule has 1 heterocycles. The number of hydrogen-bond donors (Lipinski definition) is 0. The molecular formula is C27H32FNO7. The monoisotopic (exact) mass is 501 g/mol. The van der Waals surface area contributed by atoms with E-state index in [-0.39, 0.29) is 35.3 Å². The predicted molar refractivity (Wildman–Crippen MR) is 129 cm³/mol. The number of aromatic nitrogens is 1. The molecule has 2 aromatic rings. The van der Waals surface area contributed by atoms with E-state index < -0.39 is 35.8 Å². The van der Waals surface area contributed by atoms with Gasteiger partial charge in [0, 0.05) is 25.6 Å². The summed E-state index contributed by atoms with van der Waals surface area (Å²) >= 11 is 0. The Hall–Kier alpha value is -3.49. The highest BCUT2D eigenvalue weighted by molar-refractivity contribution is 5.99. The summed E-state index contributed by atoms with van der Waals surface area (Å²) in [6.07, 6.45) is 4.20. The fourth-order valence-corrected chi connectivity index (χ4v) is 4.39. The molecule has 0 saturated heterocycles. The smallest absolute Gasteiger partial charge is 0.309 e. The second kappa shape index (κ2) is 12.5. The van der Waals surface area contributed by atoms with Crippen molar-refractivity contribution in [3.8, 4) is 17.2 Å². The van der Waals surface area contributed by atoms with Gasteiger partial charge in [0.05, 0.1) is 13.0 Å². The van der Waals surface area contributed by atoms with Crippen LogP contribution in [0.1, 0.15) is 63.4 Å². The molecule has 0 radical (unpaired) electrons. The van der Waals surface area contributed by atoms with Gasteiger partial charge in [-0.25, -0.2) is 9.37 Å². The number of methoxy groups -OCH3 is 1. The van der Waals surface area contributed by atoms with E-state index in [1.807, 2.05) is 0 Å². The Morgan fingerprint density at radius 3 is 2.36 bits per heavy atom. The fraction of sp³-hybridized carbons (Fsp3) is 0.481. The van der Waals surface area contributed by atoms with Crippen LogP contribution in [-0.2, 0) is 14.3 Å². The summed E-state index contributed by atoms with van der Waals surface area (Å²) in [4.78, 5) is 41.4. The van der Waals surface area contributed by atoms with Crippen LogP contribution in [0.4, 0.5) is 4.39 Å². The van der Waals surface area contributed by atoms with Crippen molar-refractivity contribution in [2.24, 2.45) is 11.8 Å². The molecule has 1 aliphatic carbocycles. The van der Waals surface area contributed by atoms with Crippen molar-refractivity contribution in [2.75, 3.05) is 7.11 Å². The van der Waals surface area contributed by atoms with Gasteiger partial charge in [-0.15, -0.1) is 0 Å². The van der Waals surface area contributed by atoms with Crippen molar-refractivity contribution >= 4 is 17.7 Å². The van der Waals surface area contributed by atoms with Crippen LogP contribution in [0.5, 0.6) is 17.2 Å². The lowest BCUT2D eigenvalue weighted by molar-refractivity contribution is -0.158. The molecule has 1 aliphatic rings. The van der Waals surface area contributed by atoms with Crippen molar-refractivity contribution in [1.82, 2.24) is 4.98 Å². The van der Waals surface area contributed by atoms with Crippen LogP contribution in [-0.4, -0.2) is 42.0 Å². The Morgan fingerprint density at radius 2 is 1.75 bits per heavy atom. The van der Waals surface area contributed by atoms with Crippen molar-refractivity contribution < 1.29 is 37.7 Å². The van der Waals surface area contributed by atoms with Crippen molar-refractivity contribution in [1.29, 1.82) is 0 Å². The molecule has 1 aromatic carbocycles. The second-order valence-corrected chi connectivity index (χ2v) is 9.04. The highest BCUT2D eigenvalue weighted by atomic mass is 19.1. The van der Waals surface area contributed by atoms with Gasteiger partial charge >= 0.3 is 11.9 Å². The predicted octanol–water partition coefficient (Wildman–Crippen LogP) is 4.93. The van der Waals surface area contributed by atoms with Crippen LogP contribution in [0.25, 0.3) is 0 Å². The first kappa shape index (κ1) is 27.1. The van der Waals surface area contributed by atoms with Crippen LogP contribution >= 0.6 is 0 Å². The Balaban J connectivity index is 1.68. The number of halogens is 1. The molecule has 0 amide bonds. The standard InChI is InChI=1S/C27H32FNO7/c1-16(15-22(31)24-26(35-18(3)30)23(33-4)13-14-29-24)27(32)34-17(2)25(19-7-5-6-8-19)36-21-11-9-20(28)10-12-21/h9-14,16-17,19,25H,5-8,15H2,1-4H3/t16-,17+,25+/m1/s1. The minimum Gasteiger partial charge on any atom is -0.493 e. The molecule has 3 atom stereocenters. The zero-order valence-electron chi connectivity index (χ0n) is 21.0. The summed E-state index contributed by atoms with van der Waals surface area (Å²) in [7, 11) is 1.38. The molecule has 36 heavy (non-hydrogen) atoms. The third-order valence-electron chi connectivity index (χ3n) is 6.21. The van der Waals surface area contributed by atoms with Crippen molar-refractivity contribution in [3.63, 3.8) is 0 Å². The SMILES string of the molecule is COc1ccnc(C(=O)C[C@@H](C)C(=O)O[C@@H](C)[C@H](Oc2ccc(F)cc2)C2CCCC2)c1OC(C)=O. The minimum atomic E-state index is -0.784. The summed E-state index contributed by atoms with van der Waals surface area (Å²) < 4.78 is 35.5. The lowest BCUT2D eigenvalue weighted by Gasteiger charge is -2.30. The normalized spacial score (nSPS) is 16.0. The number of Topliss-reactive ketones (excluding diaryl/α,β-unsaturated/α-hetero) is 1. The third-order valence-corrected chi connectivity index (χ3v) is 6.21. The Kier molecular flexibility index (Phi) is 9.38. The zero-order valence-corrected chi connectivity index (χ0v) is 21.0. The summed E-state index contributed by atoms with van der Waals surface area (Å²) in [5, 5.41) is 0. The van der Waals surface area contributed by atoms with Gasteiger partial charge in [-0.05, 0) is 49.9 Å². The maximum atomic E-state index is 13.3. The number of esters is 2. The molecule has 9 heteroatoms. The average molecular weight is 502 g/mol. The van der Waals surface area contributed by atoms with Crippen LogP contribution in [0.15, 0.2) is 36.5 Å². The van der Waals surface area contributed by atoms with Crippen molar-refractivity contribution in [2.45, 2.75) is 65.1 Å². The summed E-state index contributed by atoms with van der Waals surface area (Å²) in [5.41, 5.74) is -0.0966. The van der Waals surface area contributed by atoms with E-state index >= 15 is 0 Å². The number of ketones is 1. The van der Waals surface area contributed by atoms with Gasteiger partial charge in [-0.3, -0.25) is 14.4 Å². The van der Waals surface area contributed by atoms with Gasteiger partial charge in [0.25, 0.3) is 0 Å². The van der Waals surface area contributed by atoms with E-state index in [0.717, 1.165) is 25.7 Å². The molecule has 0 aliphatic heterocycles. The van der Waals surface area contributed by atoms with E-state index in [9.17, 15) is 18.8 Å². The first-order valence-corrected chi connectivity index (χ1v) is 12.1. The van der Waals surface area contributed by atoms with E-state index in [4.69, 9.17) is 18.9 Å². The number of ether oxygens (including phenoxy) is 4. The molecule has 0 N–H and O–H groups in total. The van der Waals surface area contributed by atoms with E-state index in [1.54, 1.807) is 26.0 Å². The number of carbonyl (C=O) groups excluding carboxylic acids is 3. The number of carbonyl (C=O) groups is 3.